The zero-order valence-corrected chi connectivity index (χ0v) is 9.07. The Morgan fingerprint density at radius 1 is 1.33 bits per heavy atom. The van der Waals surface area contributed by atoms with E-state index < -0.39 is 0 Å². The Morgan fingerprint density at radius 3 is 2.33 bits per heavy atom. The number of aryl methyl sites for hydroxylation is 1. The van der Waals surface area contributed by atoms with Gasteiger partial charge in [-0.15, -0.1) is 0 Å². The van der Waals surface area contributed by atoms with E-state index in [0.29, 0.717) is 5.75 Å². The Labute approximate surface area is 88.8 Å². The van der Waals surface area contributed by atoms with Crippen LogP contribution in [0.5, 0.6) is 11.5 Å². The second-order valence-electron chi connectivity index (χ2n) is 2.73. The van der Waals surface area contributed by atoms with E-state index in [2.05, 4.69) is 0 Å². The Kier molecular flexibility index (Phi) is 5.78. The van der Waals surface area contributed by atoms with Crippen LogP contribution in [0.25, 0.3) is 0 Å². The van der Waals surface area contributed by atoms with Crippen LogP contribution in [0.4, 0.5) is 0 Å². The predicted octanol–water partition coefficient (Wildman–Crippen LogP) is 1.74. The van der Waals surface area contributed by atoms with Crippen molar-refractivity contribution < 1.29 is 19.1 Å². The fraction of sp³-hybridized carbons (Fsp3) is 0.273. The molecule has 0 aliphatic heterocycles. The molecule has 0 saturated heterocycles. The van der Waals surface area contributed by atoms with Crippen LogP contribution in [0.2, 0.25) is 0 Å². The molecule has 0 bridgehead atoms. The number of rotatable bonds is 2. The highest BCUT2D eigenvalue weighted by Gasteiger charge is 2.03. The van der Waals surface area contributed by atoms with Crippen molar-refractivity contribution in [2.24, 2.45) is 0 Å². The van der Waals surface area contributed by atoms with E-state index in [-0.39, 0.29) is 5.97 Å². The minimum absolute atomic E-state index is 0.312. The van der Waals surface area contributed by atoms with Crippen molar-refractivity contribution in [1.29, 1.82) is 0 Å². The third-order valence-electron chi connectivity index (χ3n) is 1.64. The van der Waals surface area contributed by atoms with E-state index >= 15 is 0 Å². The highest BCUT2D eigenvalue weighted by Crippen LogP contribution is 2.22. The molecule has 0 spiro atoms. The first kappa shape index (κ1) is 13.2. The fourth-order valence-electron chi connectivity index (χ4n) is 1.02. The van der Waals surface area contributed by atoms with Gasteiger partial charge in [0.05, 0.1) is 7.11 Å². The van der Waals surface area contributed by atoms with Crippen molar-refractivity contribution in [2.75, 3.05) is 7.11 Å². The van der Waals surface area contributed by atoms with Gasteiger partial charge in [0, 0.05) is 6.92 Å². The largest absolute Gasteiger partial charge is 0.497 e. The first-order valence-electron chi connectivity index (χ1n) is 4.25. The van der Waals surface area contributed by atoms with Gasteiger partial charge in [-0.2, -0.15) is 0 Å². The van der Waals surface area contributed by atoms with Crippen molar-refractivity contribution in [1.82, 2.24) is 0 Å². The SMILES string of the molecule is C=O.COc1ccc(OC(C)=O)c(C)c1. The van der Waals surface area contributed by atoms with E-state index in [9.17, 15) is 4.79 Å². The van der Waals surface area contributed by atoms with Crippen molar-refractivity contribution >= 4 is 12.8 Å². The van der Waals surface area contributed by atoms with Crippen molar-refractivity contribution in [3.05, 3.63) is 23.8 Å². The molecule has 4 nitrogen and oxygen atoms in total. The molecule has 1 aromatic carbocycles. The topological polar surface area (TPSA) is 52.6 Å². The summed E-state index contributed by atoms with van der Waals surface area (Å²) in [7, 11) is 1.60. The molecule has 1 rings (SSSR count). The van der Waals surface area contributed by atoms with Gasteiger partial charge in [0.1, 0.15) is 18.3 Å². The molecule has 0 aliphatic carbocycles. The van der Waals surface area contributed by atoms with Crippen LogP contribution in [0, 0.1) is 6.92 Å². The summed E-state index contributed by atoms with van der Waals surface area (Å²) < 4.78 is 9.96. The molecule has 0 saturated carbocycles. The van der Waals surface area contributed by atoms with Gasteiger partial charge in [-0.05, 0) is 30.7 Å². The third kappa shape index (κ3) is 4.26. The lowest BCUT2D eigenvalue weighted by atomic mass is 10.2. The molecule has 0 N–H and O–H groups in total. The number of hydrogen-bond acceptors (Lipinski definition) is 4. The molecule has 0 aliphatic rings. The highest BCUT2D eigenvalue weighted by molar-refractivity contribution is 5.69. The van der Waals surface area contributed by atoms with E-state index in [1.165, 1.54) is 6.92 Å². The lowest BCUT2D eigenvalue weighted by Gasteiger charge is -2.06. The van der Waals surface area contributed by atoms with E-state index in [0.717, 1.165) is 11.3 Å². The number of benzene rings is 1. The lowest BCUT2D eigenvalue weighted by Crippen LogP contribution is -2.02. The summed E-state index contributed by atoms with van der Waals surface area (Å²) in [4.78, 5) is 18.7. The van der Waals surface area contributed by atoms with Gasteiger partial charge in [-0.3, -0.25) is 4.79 Å². The molecule has 0 fully saturated rings. The van der Waals surface area contributed by atoms with Crippen LogP contribution >= 0.6 is 0 Å². The normalized spacial score (nSPS) is 8.47. The van der Waals surface area contributed by atoms with Gasteiger partial charge in [-0.25, -0.2) is 0 Å². The van der Waals surface area contributed by atoms with Crippen LogP contribution in [0.15, 0.2) is 18.2 Å². The van der Waals surface area contributed by atoms with Crippen LogP contribution in [0.3, 0.4) is 0 Å². The third-order valence-corrected chi connectivity index (χ3v) is 1.64. The molecular weight excluding hydrogens is 196 g/mol. The van der Waals surface area contributed by atoms with Crippen molar-refractivity contribution in [2.45, 2.75) is 13.8 Å². The summed E-state index contributed by atoms with van der Waals surface area (Å²) >= 11 is 0. The van der Waals surface area contributed by atoms with E-state index in [1.807, 2.05) is 19.8 Å². The van der Waals surface area contributed by atoms with E-state index in [1.54, 1.807) is 19.2 Å². The zero-order valence-electron chi connectivity index (χ0n) is 9.07. The molecule has 0 unspecified atom stereocenters. The number of methoxy groups -OCH3 is 1. The number of esters is 1. The Hall–Kier alpha value is -1.84. The summed E-state index contributed by atoms with van der Waals surface area (Å²) in [6.45, 7) is 5.24. The fourth-order valence-corrected chi connectivity index (χ4v) is 1.02. The first-order valence-corrected chi connectivity index (χ1v) is 4.25. The minimum Gasteiger partial charge on any atom is -0.497 e. The van der Waals surface area contributed by atoms with Gasteiger partial charge in [0.15, 0.2) is 0 Å². The highest BCUT2D eigenvalue weighted by atomic mass is 16.5. The molecular formula is C11H14O4. The van der Waals surface area contributed by atoms with Gasteiger partial charge in [-0.1, -0.05) is 0 Å². The predicted molar refractivity (Wildman–Crippen MR) is 56.2 cm³/mol. The number of carbonyl (C=O) groups excluding carboxylic acids is 2. The smallest absolute Gasteiger partial charge is 0.308 e. The quantitative estimate of drug-likeness (QED) is 0.551. The summed E-state index contributed by atoms with van der Waals surface area (Å²) in [5.41, 5.74) is 0.884. The van der Waals surface area contributed by atoms with Gasteiger partial charge in [0.25, 0.3) is 0 Å². The molecule has 0 atom stereocenters. The average Bonchev–Trinajstić information content (AvgIpc) is 2.23. The maximum Gasteiger partial charge on any atom is 0.308 e. The molecule has 4 heteroatoms. The Bertz CT molecular complexity index is 333. The number of ether oxygens (including phenoxy) is 2. The Balaban J connectivity index is 0.000000921. The van der Waals surface area contributed by atoms with Gasteiger partial charge in [0.2, 0.25) is 0 Å². The monoisotopic (exact) mass is 210 g/mol. The molecule has 82 valence electrons. The van der Waals surface area contributed by atoms with Crippen molar-refractivity contribution in [3.63, 3.8) is 0 Å². The van der Waals surface area contributed by atoms with Crippen LogP contribution in [-0.4, -0.2) is 19.9 Å². The summed E-state index contributed by atoms with van der Waals surface area (Å²) in [5.74, 6) is 1.02. The molecule has 0 aromatic heterocycles. The minimum atomic E-state index is -0.312. The molecule has 1 aromatic rings. The van der Waals surface area contributed by atoms with Gasteiger partial charge >= 0.3 is 5.97 Å². The van der Waals surface area contributed by atoms with Crippen molar-refractivity contribution in [3.8, 4) is 11.5 Å². The summed E-state index contributed by atoms with van der Waals surface area (Å²) in [6.07, 6.45) is 0. The first-order chi connectivity index (χ1) is 7.13. The Morgan fingerprint density at radius 2 is 1.93 bits per heavy atom. The maximum atomic E-state index is 10.7. The second-order valence-corrected chi connectivity index (χ2v) is 2.73. The second kappa shape index (κ2) is 6.59. The van der Waals surface area contributed by atoms with E-state index in [4.69, 9.17) is 14.3 Å². The molecule has 15 heavy (non-hydrogen) atoms. The van der Waals surface area contributed by atoms with Gasteiger partial charge < -0.3 is 14.3 Å². The summed E-state index contributed by atoms with van der Waals surface area (Å²) in [6, 6.07) is 5.29. The molecule has 0 heterocycles. The number of hydrogen-bond donors (Lipinski definition) is 0. The zero-order chi connectivity index (χ0) is 11.8. The van der Waals surface area contributed by atoms with Crippen LogP contribution in [0.1, 0.15) is 12.5 Å². The lowest BCUT2D eigenvalue weighted by molar-refractivity contribution is -0.131. The standard InChI is InChI=1S/C10H12O3.CH2O/c1-7-6-9(12-3)4-5-10(7)13-8(2)11;1-2/h4-6H,1-3H3;1H2. The number of carbonyl (C=O) groups is 2. The summed E-state index contributed by atoms with van der Waals surface area (Å²) in [5, 5.41) is 0. The molecule has 0 radical (unpaired) electrons. The maximum absolute atomic E-state index is 10.7. The van der Waals surface area contributed by atoms with Crippen LogP contribution < -0.4 is 9.47 Å². The molecule has 0 amide bonds. The van der Waals surface area contributed by atoms with Crippen LogP contribution in [-0.2, 0) is 9.59 Å². The average molecular weight is 210 g/mol.